The van der Waals surface area contributed by atoms with E-state index in [-0.39, 0.29) is 51.8 Å². The highest BCUT2D eigenvalue weighted by molar-refractivity contribution is 5.89. The molecule has 62 heavy (non-hydrogen) atoms. The van der Waals surface area contributed by atoms with Crippen molar-refractivity contribution in [2.45, 2.75) is 82.1 Å². The van der Waals surface area contributed by atoms with Gasteiger partial charge in [0.2, 0.25) is 0 Å². The van der Waals surface area contributed by atoms with Gasteiger partial charge in [-0.15, -0.1) is 0 Å². The predicted octanol–water partition coefficient (Wildman–Crippen LogP) is 5.87. The molecule has 16 heteroatoms. The van der Waals surface area contributed by atoms with Crippen molar-refractivity contribution >= 4 is 29.8 Å². The standard InChI is InChI=1S/C46H58O16/c1-5-41(47)55-27-11-9-25-53-29-39(59-43(49)7-3)31-57-35-17-13-33(14-18-35)45(51)61-37-21-23-38(24-22-37)62-46(52)34-15-19-36(20-16-34)58-32-40(60-44(50)8-4)30-54-26-10-12-28-56-42(48)6-2/h5-8,13-20,37-40,45,51H,1-4,9-12,21-32H2. The van der Waals surface area contributed by atoms with Crippen LogP contribution in [0.25, 0.3) is 0 Å². The van der Waals surface area contributed by atoms with Crippen LogP contribution >= 0.6 is 0 Å². The van der Waals surface area contributed by atoms with Gasteiger partial charge in [-0.3, -0.25) is 0 Å². The first-order chi connectivity index (χ1) is 30.0. The average molecular weight is 867 g/mol. The summed E-state index contributed by atoms with van der Waals surface area (Å²) in [6.07, 6.45) is 5.85. The molecule has 0 aliphatic heterocycles. The zero-order valence-electron chi connectivity index (χ0n) is 35.0. The van der Waals surface area contributed by atoms with E-state index in [1.165, 1.54) is 0 Å². The fourth-order valence-electron chi connectivity index (χ4n) is 5.72. The molecule has 3 rings (SSSR count). The van der Waals surface area contributed by atoms with Gasteiger partial charge in [0.1, 0.15) is 30.8 Å². The van der Waals surface area contributed by atoms with Crippen molar-refractivity contribution < 1.29 is 76.4 Å². The Morgan fingerprint density at radius 3 is 1.44 bits per heavy atom. The largest absolute Gasteiger partial charge is 0.490 e. The van der Waals surface area contributed by atoms with E-state index >= 15 is 0 Å². The quantitative estimate of drug-likeness (QED) is 0.0310. The van der Waals surface area contributed by atoms with Crippen LogP contribution in [0.2, 0.25) is 0 Å². The van der Waals surface area contributed by atoms with Gasteiger partial charge in [0.15, 0.2) is 18.5 Å². The average Bonchev–Trinajstić information content (AvgIpc) is 3.29. The van der Waals surface area contributed by atoms with E-state index in [2.05, 4.69) is 26.3 Å². The first-order valence-electron chi connectivity index (χ1n) is 20.4. The third-order valence-corrected chi connectivity index (χ3v) is 9.04. The summed E-state index contributed by atoms with van der Waals surface area (Å²) in [7, 11) is 0. The number of carbonyl (C=O) groups is 5. The number of esters is 5. The van der Waals surface area contributed by atoms with Crippen LogP contribution in [0.4, 0.5) is 0 Å². The second kappa shape index (κ2) is 29.4. The molecule has 1 aliphatic rings. The Morgan fingerprint density at radius 2 is 0.984 bits per heavy atom. The van der Waals surface area contributed by atoms with Gasteiger partial charge in [-0.25, -0.2) is 24.0 Å². The van der Waals surface area contributed by atoms with Crippen molar-refractivity contribution in [3.05, 3.63) is 110 Å². The van der Waals surface area contributed by atoms with Crippen molar-refractivity contribution in [2.75, 3.05) is 52.9 Å². The lowest BCUT2D eigenvalue weighted by atomic mass is 9.94. The topological polar surface area (TPSA) is 198 Å². The van der Waals surface area contributed by atoms with Gasteiger partial charge >= 0.3 is 29.8 Å². The molecule has 0 bridgehead atoms. The van der Waals surface area contributed by atoms with E-state index in [0.717, 1.165) is 24.3 Å². The van der Waals surface area contributed by atoms with Crippen LogP contribution in [0.3, 0.4) is 0 Å². The number of hydrogen-bond donors (Lipinski definition) is 1. The van der Waals surface area contributed by atoms with Crippen molar-refractivity contribution in [2.24, 2.45) is 0 Å². The fraction of sp³-hybridized carbons (Fsp3) is 0.457. The first kappa shape index (κ1) is 50.5. The molecule has 0 heterocycles. The molecular weight excluding hydrogens is 808 g/mol. The van der Waals surface area contributed by atoms with Crippen LogP contribution in [-0.2, 0) is 57.1 Å². The SMILES string of the molecule is C=CC(=O)OCCCCOCC(COc1ccc(C(=O)OC2CCC(OC(O)c3ccc(OCC(COCCCCOC(=O)C=C)OC(=O)C=C)cc3)CC2)cc1)OC(=O)C=C. The highest BCUT2D eigenvalue weighted by atomic mass is 16.6. The van der Waals surface area contributed by atoms with Crippen molar-refractivity contribution in [1.82, 2.24) is 0 Å². The molecule has 0 radical (unpaired) electrons. The van der Waals surface area contributed by atoms with Gasteiger partial charge in [-0.2, -0.15) is 0 Å². The van der Waals surface area contributed by atoms with Crippen LogP contribution in [0, 0.1) is 0 Å². The highest BCUT2D eigenvalue weighted by Gasteiger charge is 2.27. The number of aliphatic hydroxyl groups excluding tert-OH is 1. The van der Waals surface area contributed by atoms with E-state index in [1.807, 2.05) is 0 Å². The summed E-state index contributed by atoms with van der Waals surface area (Å²) in [5, 5.41) is 10.8. The summed E-state index contributed by atoms with van der Waals surface area (Å²) in [5.41, 5.74) is 0.864. The minimum Gasteiger partial charge on any atom is -0.490 e. The van der Waals surface area contributed by atoms with Crippen LogP contribution in [0.5, 0.6) is 11.5 Å². The number of unbranched alkanes of at least 4 members (excludes halogenated alkanes) is 2. The summed E-state index contributed by atoms with van der Waals surface area (Å²) < 4.78 is 55.1. The van der Waals surface area contributed by atoms with Crippen LogP contribution < -0.4 is 9.47 Å². The summed E-state index contributed by atoms with van der Waals surface area (Å²) in [6, 6.07) is 13.1. The summed E-state index contributed by atoms with van der Waals surface area (Å²) >= 11 is 0. The number of ether oxygens (including phenoxy) is 10. The second-order valence-corrected chi connectivity index (χ2v) is 13.8. The van der Waals surface area contributed by atoms with Crippen LogP contribution in [0.1, 0.15) is 73.6 Å². The molecule has 0 aromatic heterocycles. The van der Waals surface area contributed by atoms with E-state index in [0.29, 0.717) is 87.2 Å². The molecule has 0 spiro atoms. The fourth-order valence-corrected chi connectivity index (χ4v) is 5.72. The molecule has 338 valence electrons. The summed E-state index contributed by atoms with van der Waals surface area (Å²) in [5.74, 6) is -1.76. The lowest BCUT2D eigenvalue weighted by molar-refractivity contribution is -0.153. The second-order valence-electron chi connectivity index (χ2n) is 13.8. The smallest absolute Gasteiger partial charge is 0.338 e. The maximum Gasteiger partial charge on any atom is 0.338 e. The minimum absolute atomic E-state index is 0.00381. The maximum atomic E-state index is 12.9. The molecule has 2 aromatic rings. The van der Waals surface area contributed by atoms with Crippen LogP contribution in [-0.4, -0.2) is 112 Å². The third-order valence-electron chi connectivity index (χ3n) is 9.04. The van der Waals surface area contributed by atoms with Gasteiger partial charge in [0, 0.05) is 43.1 Å². The zero-order valence-corrected chi connectivity index (χ0v) is 35.0. The molecule has 0 saturated heterocycles. The predicted molar refractivity (Wildman–Crippen MR) is 224 cm³/mol. The van der Waals surface area contributed by atoms with Crippen molar-refractivity contribution in [3.63, 3.8) is 0 Å². The molecule has 3 atom stereocenters. The lowest BCUT2D eigenvalue weighted by Crippen LogP contribution is -2.29. The monoisotopic (exact) mass is 866 g/mol. The number of hydrogen-bond acceptors (Lipinski definition) is 16. The molecule has 1 N–H and O–H groups in total. The Kier molecular flexibility index (Phi) is 24.0. The number of rotatable bonds is 31. The Hall–Kier alpha value is -5.81. The summed E-state index contributed by atoms with van der Waals surface area (Å²) in [6.45, 7) is 14.9. The first-order valence-corrected chi connectivity index (χ1v) is 20.4. The summed E-state index contributed by atoms with van der Waals surface area (Å²) in [4.78, 5) is 58.8. The van der Waals surface area contributed by atoms with Crippen LogP contribution in [0.15, 0.2) is 99.2 Å². The number of carbonyl (C=O) groups excluding carboxylic acids is 5. The van der Waals surface area contributed by atoms with Gasteiger partial charge in [-0.1, -0.05) is 38.4 Å². The van der Waals surface area contributed by atoms with E-state index in [1.54, 1.807) is 48.5 Å². The zero-order chi connectivity index (χ0) is 45.0. The van der Waals surface area contributed by atoms with Gasteiger partial charge in [-0.05, 0) is 87.8 Å². The Bertz CT molecular complexity index is 1720. The van der Waals surface area contributed by atoms with Gasteiger partial charge in [0.25, 0.3) is 0 Å². The van der Waals surface area contributed by atoms with E-state index < -0.39 is 48.3 Å². The minimum atomic E-state index is -1.19. The molecule has 1 aliphatic carbocycles. The maximum absolute atomic E-state index is 12.9. The normalized spacial score (nSPS) is 16.0. The molecular formula is C46H58O16. The third kappa shape index (κ3) is 20.6. The molecule has 3 unspecified atom stereocenters. The van der Waals surface area contributed by atoms with Crippen molar-refractivity contribution in [3.8, 4) is 11.5 Å². The van der Waals surface area contributed by atoms with Gasteiger partial charge in [0.05, 0.1) is 38.1 Å². The molecule has 2 aromatic carbocycles. The number of benzene rings is 2. The highest BCUT2D eigenvalue weighted by Crippen LogP contribution is 2.29. The lowest BCUT2D eigenvalue weighted by Gasteiger charge is -2.30. The Morgan fingerprint density at radius 1 is 0.565 bits per heavy atom. The van der Waals surface area contributed by atoms with E-state index in [4.69, 9.17) is 47.4 Å². The molecule has 16 nitrogen and oxygen atoms in total. The molecule has 1 fully saturated rings. The Balaban J connectivity index is 1.36. The number of aliphatic hydroxyl groups is 1. The molecule has 1 saturated carbocycles. The van der Waals surface area contributed by atoms with Gasteiger partial charge < -0.3 is 52.5 Å². The molecule has 0 amide bonds. The van der Waals surface area contributed by atoms with Crippen molar-refractivity contribution in [1.29, 1.82) is 0 Å². The Labute approximate surface area is 362 Å². The van der Waals surface area contributed by atoms with E-state index in [9.17, 15) is 29.1 Å².